The molecule has 1 aliphatic heterocycles. The van der Waals surface area contributed by atoms with E-state index in [0.717, 1.165) is 4.90 Å². The highest BCUT2D eigenvalue weighted by Crippen LogP contribution is 2.38. The molecule has 1 aliphatic carbocycles. The number of urea groups is 1. The maximum Gasteiger partial charge on any atom is 0.394 e. The number of anilines is 1. The van der Waals surface area contributed by atoms with E-state index in [1.165, 1.54) is 12.8 Å². The van der Waals surface area contributed by atoms with E-state index in [1.54, 1.807) is 24.3 Å². The Labute approximate surface area is 147 Å². The first-order valence-electron chi connectivity index (χ1n) is 8.32. The zero-order valence-electron chi connectivity index (χ0n) is 13.8. The largest absolute Gasteiger partial charge is 0.493 e. The summed E-state index contributed by atoms with van der Waals surface area (Å²) in [7, 11) is 0. The Morgan fingerprint density at radius 1 is 1.19 bits per heavy atom. The fourth-order valence-corrected chi connectivity index (χ4v) is 2.89. The maximum atomic E-state index is 13.0. The molecular weight excluding hydrogens is 353 g/mol. The summed E-state index contributed by atoms with van der Waals surface area (Å²) in [5.74, 6) is -4.02. The highest BCUT2D eigenvalue weighted by molar-refractivity contribution is 5.90. The Morgan fingerprint density at radius 2 is 1.85 bits per heavy atom. The highest BCUT2D eigenvalue weighted by Gasteiger charge is 2.53. The van der Waals surface area contributed by atoms with Gasteiger partial charge in [-0.25, -0.2) is 4.79 Å². The third kappa shape index (κ3) is 4.39. The molecule has 0 spiro atoms. The van der Waals surface area contributed by atoms with Crippen LogP contribution in [-0.2, 0) is 4.79 Å². The molecule has 2 amide bonds. The van der Waals surface area contributed by atoms with Gasteiger partial charge in [-0.15, -0.1) is 0 Å². The number of nitrogens with zero attached hydrogens (tertiary/aromatic N) is 1. The van der Waals surface area contributed by atoms with Crippen LogP contribution in [0.3, 0.4) is 0 Å². The first-order chi connectivity index (χ1) is 12.2. The minimum atomic E-state index is -4.67. The summed E-state index contributed by atoms with van der Waals surface area (Å²) in [6, 6.07) is 5.76. The number of halogens is 3. The summed E-state index contributed by atoms with van der Waals surface area (Å²) < 4.78 is 44.5. The van der Waals surface area contributed by atoms with Gasteiger partial charge in [0.1, 0.15) is 5.75 Å². The second kappa shape index (κ2) is 7.05. The summed E-state index contributed by atoms with van der Waals surface area (Å²) >= 11 is 0. The van der Waals surface area contributed by atoms with Crippen LogP contribution in [0.2, 0.25) is 0 Å². The van der Waals surface area contributed by atoms with Gasteiger partial charge in [0.2, 0.25) is 0 Å². The highest BCUT2D eigenvalue weighted by atomic mass is 19.4. The number of benzene rings is 1. The van der Waals surface area contributed by atoms with Crippen molar-refractivity contribution in [1.29, 1.82) is 0 Å². The zero-order chi connectivity index (χ0) is 18.9. The third-order valence-corrected chi connectivity index (χ3v) is 4.63. The first kappa shape index (κ1) is 18.3. The molecule has 2 aliphatic rings. The lowest BCUT2D eigenvalue weighted by Crippen LogP contribution is -2.35. The Morgan fingerprint density at radius 3 is 2.35 bits per heavy atom. The molecule has 1 aromatic rings. The minimum absolute atomic E-state index is 0.399. The van der Waals surface area contributed by atoms with Gasteiger partial charge in [-0.1, -0.05) is 0 Å². The molecule has 0 aromatic heterocycles. The van der Waals surface area contributed by atoms with Crippen molar-refractivity contribution in [2.24, 2.45) is 17.8 Å². The number of rotatable bonds is 5. The number of carboxylic acids is 1. The second-order valence-electron chi connectivity index (χ2n) is 6.71. The number of hydrogen-bond acceptors (Lipinski definition) is 3. The predicted octanol–water partition coefficient (Wildman–Crippen LogP) is 3.20. The summed E-state index contributed by atoms with van der Waals surface area (Å²) in [6.07, 6.45) is -2.33. The van der Waals surface area contributed by atoms with Crippen LogP contribution in [-0.4, -0.2) is 47.9 Å². The van der Waals surface area contributed by atoms with E-state index in [4.69, 9.17) is 9.84 Å². The predicted molar refractivity (Wildman–Crippen MR) is 85.9 cm³/mol. The minimum Gasteiger partial charge on any atom is -0.493 e. The number of hydrogen-bond donors (Lipinski definition) is 2. The smallest absolute Gasteiger partial charge is 0.394 e. The van der Waals surface area contributed by atoms with E-state index in [0.29, 0.717) is 24.0 Å². The van der Waals surface area contributed by atoms with Crippen molar-refractivity contribution in [2.45, 2.75) is 19.0 Å². The van der Waals surface area contributed by atoms with Crippen molar-refractivity contribution in [2.75, 3.05) is 25.0 Å². The molecule has 2 atom stereocenters. The fraction of sp³-hybridized carbons (Fsp3) is 0.529. The average Bonchev–Trinajstić information content (AvgIpc) is 3.27. The van der Waals surface area contributed by atoms with Crippen molar-refractivity contribution in [3.8, 4) is 5.75 Å². The van der Waals surface area contributed by atoms with Gasteiger partial charge in [-0.3, -0.25) is 4.79 Å². The van der Waals surface area contributed by atoms with Crippen LogP contribution < -0.4 is 10.1 Å². The molecule has 1 saturated heterocycles. The van der Waals surface area contributed by atoms with Crippen molar-refractivity contribution in [3.63, 3.8) is 0 Å². The Balaban J connectivity index is 1.58. The molecule has 9 heteroatoms. The molecule has 2 N–H and O–H groups in total. The number of nitrogens with one attached hydrogen (secondary N) is 1. The van der Waals surface area contributed by atoms with Gasteiger partial charge in [0, 0.05) is 18.8 Å². The van der Waals surface area contributed by atoms with E-state index < -0.39 is 43.1 Å². The van der Waals surface area contributed by atoms with Crippen LogP contribution in [0, 0.1) is 17.8 Å². The van der Waals surface area contributed by atoms with Gasteiger partial charge in [0.05, 0.1) is 18.4 Å². The second-order valence-corrected chi connectivity index (χ2v) is 6.71. The molecule has 0 radical (unpaired) electrons. The van der Waals surface area contributed by atoms with Crippen LogP contribution in [0.1, 0.15) is 12.8 Å². The van der Waals surface area contributed by atoms with Crippen molar-refractivity contribution >= 4 is 17.7 Å². The van der Waals surface area contributed by atoms with Gasteiger partial charge >= 0.3 is 18.2 Å². The Kier molecular flexibility index (Phi) is 4.97. The van der Waals surface area contributed by atoms with E-state index in [2.05, 4.69) is 5.32 Å². The van der Waals surface area contributed by atoms with Gasteiger partial charge in [0.15, 0.2) is 0 Å². The molecule has 2 fully saturated rings. The lowest BCUT2D eigenvalue weighted by molar-refractivity contribution is -0.187. The number of aliphatic carboxylic acids is 1. The summed E-state index contributed by atoms with van der Waals surface area (Å²) in [4.78, 5) is 24.1. The number of alkyl halides is 3. The number of carboxylic acid groups (broad SMARTS) is 1. The van der Waals surface area contributed by atoms with Crippen LogP contribution in [0.25, 0.3) is 0 Å². The van der Waals surface area contributed by atoms with Crippen molar-refractivity contribution in [1.82, 2.24) is 4.90 Å². The monoisotopic (exact) mass is 372 g/mol. The van der Waals surface area contributed by atoms with Gasteiger partial charge < -0.3 is 20.1 Å². The van der Waals surface area contributed by atoms with Crippen LogP contribution in [0.15, 0.2) is 24.3 Å². The molecule has 3 rings (SSSR count). The quantitative estimate of drug-likeness (QED) is 0.832. The molecule has 1 saturated carbocycles. The molecule has 1 aromatic carbocycles. The lowest BCUT2D eigenvalue weighted by atomic mass is 9.96. The Bertz CT molecular complexity index is 674. The van der Waals surface area contributed by atoms with Crippen molar-refractivity contribution in [3.05, 3.63) is 24.3 Å². The summed E-state index contributed by atoms with van der Waals surface area (Å²) in [5, 5.41) is 11.5. The first-order valence-corrected chi connectivity index (χ1v) is 8.32. The molecule has 142 valence electrons. The SMILES string of the molecule is O=C(O)[C@@H]1CN(C(=O)Nc2ccc(OCC3CC3)cc2)C[C@H]1C(F)(F)F. The zero-order valence-corrected chi connectivity index (χ0v) is 13.8. The fourth-order valence-electron chi connectivity index (χ4n) is 2.89. The topological polar surface area (TPSA) is 78.9 Å². The molecule has 0 unspecified atom stereocenters. The summed E-state index contributed by atoms with van der Waals surface area (Å²) in [6.45, 7) is -0.502. The van der Waals surface area contributed by atoms with Gasteiger partial charge in [-0.05, 0) is 43.0 Å². The molecular formula is C17H19F3N2O4. The van der Waals surface area contributed by atoms with E-state index >= 15 is 0 Å². The molecule has 26 heavy (non-hydrogen) atoms. The Hall–Kier alpha value is -2.45. The third-order valence-electron chi connectivity index (χ3n) is 4.63. The van der Waals surface area contributed by atoms with Crippen LogP contribution >= 0.6 is 0 Å². The lowest BCUT2D eigenvalue weighted by Gasteiger charge is -2.18. The molecule has 0 bridgehead atoms. The van der Waals surface area contributed by atoms with Crippen molar-refractivity contribution < 1.29 is 32.6 Å². The molecule has 1 heterocycles. The number of ether oxygens (including phenoxy) is 1. The van der Waals surface area contributed by atoms with Gasteiger partial charge in [-0.2, -0.15) is 13.2 Å². The number of carbonyl (C=O) groups excluding carboxylic acids is 1. The van der Waals surface area contributed by atoms with Gasteiger partial charge in [0.25, 0.3) is 0 Å². The van der Waals surface area contributed by atoms with Crippen LogP contribution in [0.5, 0.6) is 5.75 Å². The van der Waals surface area contributed by atoms with E-state index in [9.17, 15) is 22.8 Å². The normalized spacial score (nSPS) is 23.0. The van der Waals surface area contributed by atoms with E-state index in [1.807, 2.05) is 0 Å². The van der Waals surface area contributed by atoms with E-state index in [-0.39, 0.29) is 0 Å². The average molecular weight is 372 g/mol. The maximum absolute atomic E-state index is 13.0. The number of likely N-dealkylation sites (tertiary alicyclic amines) is 1. The molecule has 6 nitrogen and oxygen atoms in total. The van der Waals surface area contributed by atoms with Crippen LogP contribution in [0.4, 0.5) is 23.7 Å². The number of amides is 2. The number of carbonyl (C=O) groups is 2. The summed E-state index contributed by atoms with van der Waals surface area (Å²) in [5.41, 5.74) is 0.399. The standard InChI is InChI=1S/C17H19F3N2O4/c18-17(19,20)14-8-22(7-13(14)15(23)24)16(25)21-11-3-5-12(6-4-11)26-9-10-1-2-10/h3-6,10,13-14H,1-2,7-9H2,(H,21,25)(H,23,24)/t13-,14-/m1/s1.